The Labute approximate surface area is 100 Å². The van der Waals surface area contributed by atoms with Crippen LogP contribution in [-0.2, 0) is 0 Å². The normalized spacial score (nSPS) is 10.4. The van der Waals surface area contributed by atoms with Gasteiger partial charge in [-0.2, -0.15) is 0 Å². The predicted octanol–water partition coefficient (Wildman–Crippen LogP) is 2.27. The highest BCUT2D eigenvalue weighted by Crippen LogP contribution is 2.23. The van der Waals surface area contributed by atoms with Gasteiger partial charge in [0.15, 0.2) is 0 Å². The summed E-state index contributed by atoms with van der Waals surface area (Å²) in [6, 6.07) is 4.80. The second-order valence-corrected chi connectivity index (χ2v) is 3.76. The first-order valence-corrected chi connectivity index (χ1v) is 4.94. The molecule has 16 heavy (non-hydrogen) atoms. The molecule has 0 atom stereocenters. The van der Waals surface area contributed by atoms with Crippen molar-refractivity contribution in [1.29, 1.82) is 0 Å². The van der Waals surface area contributed by atoms with Gasteiger partial charge in [-0.1, -0.05) is 23.2 Å². The van der Waals surface area contributed by atoms with E-state index in [1.807, 2.05) is 0 Å². The van der Waals surface area contributed by atoms with E-state index in [2.05, 4.69) is 10.1 Å². The number of hydrogen-bond donors (Lipinski definition) is 1. The highest BCUT2D eigenvalue weighted by Gasteiger charge is 2.11. The number of halogens is 2. The fraction of sp³-hybridized carbons (Fsp3) is 0. The Morgan fingerprint density at radius 2 is 2.12 bits per heavy atom. The Morgan fingerprint density at radius 3 is 2.69 bits per heavy atom. The zero-order valence-corrected chi connectivity index (χ0v) is 9.27. The predicted molar refractivity (Wildman–Crippen MR) is 58.3 cm³/mol. The van der Waals surface area contributed by atoms with Gasteiger partial charge in [0.05, 0.1) is 10.7 Å². The van der Waals surface area contributed by atoms with Gasteiger partial charge in [-0.25, -0.2) is 14.5 Å². The topological polar surface area (TPSA) is 68.0 Å². The number of carboxylic acids is 1. The van der Waals surface area contributed by atoms with Crippen molar-refractivity contribution in [2.45, 2.75) is 0 Å². The summed E-state index contributed by atoms with van der Waals surface area (Å²) in [6.07, 6.45) is 1.28. The summed E-state index contributed by atoms with van der Waals surface area (Å²) in [7, 11) is 0. The van der Waals surface area contributed by atoms with Crippen molar-refractivity contribution in [2.75, 3.05) is 0 Å². The number of hydrogen-bond acceptors (Lipinski definition) is 3. The van der Waals surface area contributed by atoms with Crippen LogP contribution in [0, 0.1) is 0 Å². The minimum Gasteiger partial charge on any atom is -0.475 e. The summed E-state index contributed by atoms with van der Waals surface area (Å²) >= 11 is 11.7. The van der Waals surface area contributed by atoms with Gasteiger partial charge in [0.25, 0.3) is 5.82 Å². The van der Waals surface area contributed by atoms with Crippen molar-refractivity contribution in [3.05, 3.63) is 40.4 Å². The number of nitrogens with zero attached hydrogens (tertiary/aromatic N) is 3. The maximum absolute atomic E-state index is 10.6. The monoisotopic (exact) mass is 257 g/mol. The van der Waals surface area contributed by atoms with Crippen LogP contribution in [0.5, 0.6) is 0 Å². The summed E-state index contributed by atoms with van der Waals surface area (Å²) in [4.78, 5) is 14.2. The largest absolute Gasteiger partial charge is 0.475 e. The van der Waals surface area contributed by atoms with Gasteiger partial charge in [0.2, 0.25) is 0 Å². The molecule has 0 aliphatic rings. The van der Waals surface area contributed by atoms with E-state index in [0.29, 0.717) is 15.7 Å². The Bertz CT molecular complexity index is 553. The van der Waals surface area contributed by atoms with Crippen LogP contribution in [0.2, 0.25) is 10.0 Å². The van der Waals surface area contributed by atoms with Crippen LogP contribution in [0.15, 0.2) is 24.5 Å². The van der Waals surface area contributed by atoms with Crippen LogP contribution in [0.4, 0.5) is 0 Å². The van der Waals surface area contributed by atoms with Gasteiger partial charge in [-0.15, -0.1) is 5.10 Å². The lowest BCUT2D eigenvalue weighted by Crippen LogP contribution is -2.02. The minimum atomic E-state index is -1.19. The lowest BCUT2D eigenvalue weighted by atomic mass is 10.3. The molecule has 5 nitrogen and oxygen atoms in total. The first kappa shape index (κ1) is 10.9. The van der Waals surface area contributed by atoms with E-state index in [1.54, 1.807) is 18.2 Å². The first-order valence-electron chi connectivity index (χ1n) is 4.18. The third-order valence-corrected chi connectivity index (χ3v) is 2.38. The maximum Gasteiger partial charge on any atom is 0.375 e. The van der Waals surface area contributed by atoms with E-state index >= 15 is 0 Å². The zero-order chi connectivity index (χ0) is 11.7. The van der Waals surface area contributed by atoms with Crippen molar-refractivity contribution < 1.29 is 9.90 Å². The van der Waals surface area contributed by atoms with Crippen LogP contribution >= 0.6 is 23.2 Å². The van der Waals surface area contributed by atoms with Crippen LogP contribution in [-0.4, -0.2) is 25.8 Å². The summed E-state index contributed by atoms with van der Waals surface area (Å²) in [6.45, 7) is 0. The average Bonchev–Trinajstić information content (AvgIpc) is 2.66. The van der Waals surface area contributed by atoms with E-state index in [-0.39, 0.29) is 5.82 Å². The van der Waals surface area contributed by atoms with Crippen molar-refractivity contribution >= 4 is 29.2 Å². The minimum absolute atomic E-state index is 0.286. The number of carbonyl (C=O) groups is 1. The Hall–Kier alpha value is -1.59. The van der Waals surface area contributed by atoms with Gasteiger partial charge in [0.1, 0.15) is 6.33 Å². The van der Waals surface area contributed by atoms with Gasteiger partial charge < -0.3 is 5.11 Å². The summed E-state index contributed by atoms with van der Waals surface area (Å²) in [5, 5.41) is 13.3. The molecule has 0 fully saturated rings. The van der Waals surface area contributed by atoms with Crippen molar-refractivity contribution in [3.8, 4) is 5.69 Å². The highest BCUT2D eigenvalue weighted by molar-refractivity contribution is 6.35. The third kappa shape index (κ3) is 2.00. The van der Waals surface area contributed by atoms with E-state index in [9.17, 15) is 4.79 Å². The Kier molecular flexibility index (Phi) is 2.80. The smallest absolute Gasteiger partial charge is 0.375 e. The van der Waals surface area contributed by atoms with E-state index in [0.717, 1.165) is 0 Å². The number of carboxylic acid groups (broad SMARTS) is 1. The van der Waals surface area contributed by atoms with Crippen molar-refractivity contribution in [2.24, 2.45) is 0 Å². The van der Waals surface area contributed by atoms with Crippen LogP contribution in [0.3, 0.4) is 0 Å². The van der Waals surface area contributed by atoms with Crippen LogP contribution < -0.4 is 0 Å². The molecule has 0 unspecified atom stereocenters. The van der Waals surface area contributed by atoms with Crippen molar-refractivity contribution in [1.82, 2.24) is 14.8 Å². The SMILES string of the molecule is O=C(O)c1ncn(-c2ccc(Cl)cc2Cl)n1. The average molecular weight is 258 g/mol. The van der Waals surface area contributed by atoms with Gasteiger partial charge in [0, 0.05) is 5.02 Å². The number of benzene rings is 1. The molecule has 7 heteroatoms. The summed E-state index contributed by atoms with van der Waals surface area (Å²) in [5.74, 6) is -1.48. The quantitative estimate of drug-likeness (QED) is 0.897. The van der Waals surface area contributed by atoms with E-state index in [4.69, 9.17) is 28.3 Å². The van der Waals surface area contributed by atoms with Crippen LogP contribution in [0.1, 0.15) is 10.6 Å². The van der Waals surface area contributed by atoms with E-state index < -0.39 is 5.97 Å². The van der Waals surface area contributed by atoms with Crippen molar-refractivity contribution in [3.63, 3.8) is 0 Å². The second-order valence-electron chi connectivity index (χ2n) is 2.91. The maximum atomic E-state index is 10.6. The molecule has 1 aromatic heterocycles. The molecule has 0 aliphatic heterocycles. The Morgan fingerprint density at radius 1 is 1.38 bits per heavy atom. The molecule has 2 aromatic rings. The fourth-order valence-electron chi connectivity index (χ4n) is 1.14. The van der Waals surface area contributed by atoms with Gasteiger partial charge in [-0.3, -0.25) is 0 Å². The number of aromatic nitrogens is 3. The van der Waals surface area contributed by atoms with Gasteiger partial charge >= 0.3 is 5.97 Å². The molecule has 0 radical (unpaired) electrons. The molecular formula is C9H5Cl2N3O2. The molecule has 2 rings (SSSR count). The summed E-state index contributed by atoms with van der Waals surface area (Å²) < 4.78 is 1.28. The lowest BCUT2D eigenvalue weighted by Gasteiger charge is -2.02. The molecule has 82 valence electrons. The highest BCUT2D eigenvalue weighted by atomic mass is 35.5. The third-order valence-electron chi connectivity index (χ3n) is 1.84. The molecule has 1 heterocycles. The molecule has 0 bridgehead atoms. The molecule has 1 aromatic carbocycles. The molecule has 1 N–H and O–H groups in total. The number of aromatic carboxylic acids is 1. The Balaban J connectivity index is 2.46. The molecule has 0 saturated carbocycles. The first-order chi connectivity index (χ1) is 7.58. The molecule has 0 spiro atoms. The van der Waals surface area contributed by atoms with E-state index in [1.165, 1.54) is 11.0 Å². The summed E-state index contributed by atoms with van der Waals surface area (Å²) in [5.41, 5.74) is 0.520. The molecular weight excluding hydrogens is 253 g/mol. The molecule has 0 saturated heterocycles. The molecule has 0 aliphatic carbocycles. The van der Waals surface area contributed by atoms with Crippen LogP contribution in [0.25, 0.3) is 5.69 Å². The second kappa shape index (κ2) is 4.11. The fourth-order valence-corrected chi connectivity index (χ4v) is 1.64. The zero-order valence-electron chi connectivity index (χ0n) is 7.76. The standard InChI is InChI=1S/C9H5Cl2N3O2/c10-5-1-2-7(6(11)3-5)14-4-12-8(13-14)9(15)16/h1-4H,(H,15,16). The lowest BCUT2D eigenvalue weighted by molar-refractivity contribution is 0.0683. The van der Waals surface area contributed by atoms with Gasteiger partial charge in [-0.05, 0) is 18.2 Å². The molecule has 0 amide bonds. The number of rotatable bonds is 2.